The SMILES string of the molecule is COCC1CCN(S(=O)(=O)NC(=O)c2coc(Nc3cc(C(F)(F)F)ccc3C)n2)C1. The molecule has 0 saturated carbocycles. The average Bonchev–Trinajstić information content (AvgIpc) is 3.33. The van der Waals surface area contributed by atoms with Crippen LogP contribution >= 0.6 is 0 Å². The molecule has 2 N–H and O–H groups in total. The lowest BCUT2D eigenvalue weighted by molar-refractivity contribution is -0.137. The highest BCUT2D eigenvalue weighted by atomic mass is 32.2. The van der Waals surface area contributed by atoms with Crippen molar-refractivity contribution in [3.05, 3.63) is 41.3 Å². The molecular formula is C18H21F3N4O5S. The number of nitrogens with zero attached hydrogens (tertiary/aromatic N) is 2. The molecule has 3 rings (SSSR count). The van der Waals surface area contributed by atoms with Crippen LogP contribution in [0.3, 0.4) is 0 Å². The predicted molar refractivity (Wildman–Crippen MR) is 104 cm³/mol. The Morgan fingerprint density at radius 3 is 2.81 bits per heavy atom. The molecular weight excluding hydrogens is 441 g/mol. The number of aryl methyl sites for hydroxylation is 1. The first kappa shape index (κ1) is 23.0. The summed E-state index contributed by atoms with van der Waals surface area (Å²) in [5.74, 6) is -0.983. The summed E-state index contributed by atoms with van der Waals surface area (Å²) in [6.45, 7) is 2.46. The van der Waals surface area contributed by atoms with E-state index in [0.29, 0.717) is 18.6 Å². The summed E-state index contributed by atoms with van der Waals surface area (Å²) in [6.07, 6.45) is -3.01. The third-order valence-electron chi connectivity index (χ3n) is 4.76. The summed E-state index contributed by atoms with van der Waals surface area (Å²) in [6, 6.07) is 2.84. The van der Waals surface area contributed by atoms with Gasteiger partial charge in [0.05, 0.1) is 12.2 Å². The first-order chi connectivity index (χ1) is 14.5. The Morgan fingerprint density at radius 2 is 2.13 bits per heavy atom. The number of methoxy groups -OCH3 is 1. The second kappa shape index (κ2) is 8.85. The van der Waals surface area contributed by atoms with E-state index in [0.717, 1.165) is 22.7 Å². The third kappa shape index (κ3) is 5.54. The summed E-state index contributed by atoms with van der Waals surface area (Å²) >= 11 is 0. The minimum atomic E-state index is -4.53. The van der Waals surface area contributed by atoms with Gasteiger partial charge in [-0.25, -0.2) is 4.72 Å². The zero-order valence-electron chi connectivity index (χ0n) is 16.7. The van der Waals surface area contributed by atoms with E-state index in [9.17, 15) is 26.4 Å². The fraction of sp³-hybridized carbons (Fsp3) is 0.444. The third-order valence-corrected chi connectivity index (χ3v) is 6.21. The number of halogens is 3. The van der Waals surface area contributed by atoms with Gasteiger partial charge in [-0.2, -0.15) is 30.9 Å². The van der Waals surface area contributed by atoms with E-state index in [2.05, 4.69) is 10.3 Å². The number of aromatic nitrogens is 1. The Bertz CT molecular complexity index is 1050. The number of benzene rings is 1. The molecule has 1 amide bonds. The Balaban J connectivity index is 1.68. The van der Waals surface area contributed by atoms with Crippen LogP contribution in [0.15, 0.2) is 28.9 Å². The topological polar surface area (TPSA) is 114 Å². The van der Waals surface area contributed by atoms with E-state index in [1.165, 1.54) is 13.2 Å². The summed E-state index contributed by atoms with van der Waals surface area (Å²) in [4.78, 5) is 16.1. The van der Waals surface area contributed by atoms with Crippen LogP contribution in [0.5, 0.6) is 0 Å². The first-order valence-electron chi connectivity index (χ1n) is 9.21. The Labute approximate surface area is 176 Å². The molecule has 2 aromatic rings. The summed E-state index contributed by atoms with van der Waals surface area (Å²) in [7, 11) is -2.56. The molecule has 1 saturated heterocycles. The highest BCUT2D eigenvalue weighted by Gasteiger charge is 2.33. The lowest BCUT2D eigenvalue weighted by atomic mass is 10.1. The van der Waals surface area contributed by atoms with E-state index in [1.807, 2.05) is 4.72 Å². The average molecular weight is 462 g/mol. The van der Waals surface area contributed by atoms with Gasteiger partial charge in [-0.05, 0) is 37.0 Å². The van der Waals surface area contributed by atoms with Crippen molar-refractivity contribution in [3.63, 3.8) is 0 Å². The van der Waals surface area contributed by atoms with E-state index < -0.39 is 27.9 Å². The fourth-order valence-electron chi connectivity index (χ4n) is 3.10. The fourth-order valence-corrected chi connectivity index (χ4v) is 4.33. The molecule has 13 heteroatoms. The molecule has 1 atom stereocenters. The van der Waals surface area contributed by atoms with Crippen LogP contribution in [0.2, 0.25) is 0 Å². The highest BCUT2D eigenvalue weighted by Crippen LogP contribution is 2.33. The molecule has 2 heterocycles. The van der Waals surface area contributed by atoms with Crippen molar-refractivity contribution in [2.75, 3.05) is 32.1 Å². The zero-order chi connectivity index (χ0) is 22.8. The molecule has 0 bridgehead atoms. The van der Waals surface area contributed by atoms with Crippen molar-refractivity contribution < 1.29 is 35.5 Å². The molecule has 170 valence electrons. The molecule has 9 nitrogen and oxygen atoms in total. The number of carbonyl (C=O) groups is 1. The van der Waals surface area contributed by atoms with Crippen LogP contribution in [-0.2, 0) is 21.1 Å². The maximum absolute atomic E-state index is 12.9. The van der Waals surface area contributed by atoms with Crippen LogP contribution < -0.4 is 10.0 Å². The van der Waals surface area contributed by atoms with E-state index in [1.54, 1.807) is 6.92 Å². The number of oxazole rings is 1. The van der Waals surface area contributed by atoms with Gasteiger partial charge >= 0.3 is 16.4 Å². The second-order valence-corrected chi connectivity index (χ2v) is 8.77. The predicted octanol–water partition coefficient (Wildman–Crippen LogP) is 2.69. The smallest absolute Gasteiger partial charge is 0.416 e. The minimum Gasteiger partial charge on any atom is -0.431 e. The largest absolute Gasteiger partial charge is 0.431 e. The highest BCUT2D eigenvalue weighted by molar-refractivity contribution is 7.87. The quantitative estimate of drug-likeness (QED) is 0.650. The summed E-state index contributed by atoms with van der Waals surface area (Å²) < 4.78 is 76.7. The molecule has 1 fully saturated rings. The van der Waals surface area contributed by atoms with Crippen molar-refractivity contribution >= 4 is 27.8 Å². The Morgan fingerprint density at radius 1 is 1.39 bits per heavy atom. The number of nitrogens with one attached hydrogen (secondary N) is 2. The molecule has 31 heavy (non-hydrogen) atoms. The molecule has 0 spiro atoms. The number of rotatable bonds is 7. The number of alkyl halides is 3. The van der Waals surface area contributed by atoms with Crippen molar-refractivity contribution in [1.29, 1.82) is 0 Å². The van der Waals surface area contributed by atoms with Crippen LogP contribution in [0.4, 0.5) is 24.9 Å². The molecule has 0 aliphatic carbocycles. The Kier molecular flexibility index (Phi) is 6.57. The number of amides is 1. The Hall–Kier alpha value is -2.64. The maximum atomic E-state index is 12.9. The van der Waals surface area contributed by atoms with Gasteiger partial charge in [0, 0.05) is 25.9 Å². The van der Waals surface area contributed by atoms with Crippen molar-refractivity contribution in [1.82, 2.24) is 14.0 Å². The van der Waals surface area contributed by atoms with Crippen LogP contribution in [-0.4, -0.2) is 50.4 Å². The molecule has 1 aromatic carbocycles. The van der Waals surface area contributed by atoms with E-state index in [-0.39, 0.29) is 36.4 Å². The van der Waals surface area contributed by atoms with Gasteiger partial charge < -0.3 is 14.5 Å². The van der Waals surface area contributed by atoms with Crippen molar-refractivity contribution in [2.45, 2.75) is 19.5 Å². The number of ether oxygens (including phenoxy) is 1. The van der Waals surface area contributed by atoms with E-state index in [4.69, 9.17) is 9.15 Å². The monoisotopic (exact) mass is 462 g/mol. The van der Waals surface area contributed by atoms with Crippen LogP contribution in [0, 0.1) is 12.8 Å². The summed E-state index contributed by atoms with van der Waals surface area (Å²) in [5, 5.41) is 2.57. The first-order valence-corrected chi connectivity index (χ1v) is 10.6. The van der Waals surface area contributed by atoms with Gasteiger partial charge in [0.15, 0.2) is 5.69 Å². The normalized spacial score (nSPS) is 17.6. The molecule has 1 aliphatic heterocycles. The number of hydrogen-bond donors (Lipinski definition) is 2. The number of hydrogen-bond acceptors (Lipinski definition) is 7. The number of anilines is 2. The van der Waals surface area contributed by atoms with Crippen molar-refractivity contribution in [3.8, 4) is 0 Å². The van der Waals surface area contributed by atoms with Gasteiger partial charge in [0.1, 0.15) is 6.26 Å². The standard InChI is InChI=1S/C18H21F3N4O5S/c1-11-3-4-13(18(19,20)21)7-14(11)22-17-23-15(10-30-17)16(26)24-31(27,28)25-6-5-12(8-25)9-29-2/h3-4,7,10,12H,5-6,8-9H2,1-2H3,(H,22,23)(H,24,26). The number of carbonyl (C=O) groups excluding carboxylic acids is 1. The van der Waals surface area contributed by atoms with Gasteiger partial charge in [-0.15, -0.1) is 0 Å². The van der Waals surface area contributed by atoms with Gasteiger partial charge in [0.25, 0.3) is 11.9 Å². The summed E-state index contributed by atoms with van der Waals surface area (Å²) in [5.41, 5.74) is -0.645. The van der Waals surface area contributed by atoms with Crippen LogP contribution in [0.25, 0.3) is 0 Å². The minimum absolute atomic E-state index is 0.0373. The molecule has 1 aromatic heterocycles. The molecule has 1 unspecified atom stereocenters. The lowest BCUT2D eigenvalue weighted by Gasteiger charge is -2.16. The van der Waals surface area contributed by atoms with Crippen LogP contribution in [0.1, 0.15) is 28.0 Å². The second-order valence-electron chi connectivity index (χ2n) is 7.09. The molecule has 1 aliphatic rings. The lowest BCUT2D eigenvalue weighted by Crippen LogP contribution is -2.42. The van der Waals surface area contributed by atoms with Gasteiger partial charge in [0.2, 0.25) is 0 Å². The van der Waals surface area contributed by atoms with Crippen molar-refractivity contribution in [2.24, 2.45) is 5.92 Å². The zero-order valence-corrected chi connectivity index (χ0v) is 17.5. The maximum Gasteiger partial charge on any atom is 0.416 e. The van der Waals surface area contributed by atoms with Gasteiger partial charge in [-0.3, -0.25) is 4.79 Å². The molecule has 0 radical (unpaired) electrons. The van der Waals surface area contributed by atoms with E-state index >= 15 is 0 Å². The van der Waals surface area contributed by atoms with Gasteiger partial charge in [-0.1, -0.05) is 6.07 Å².